The minimum atomic E-state index is 0.111. The van der Waals surface area contributed by atoms with E-state index in [1.165, 1.54) is 30.4 Å². The molecule has 0 saturated carbocycles. The Morgan fingerprint density at radius 2 is 2.12 bits per heavy atom. The molecule has 0 aliphatic heterocycles. The topological polar surface area (TPSA) is 79.6 Å². The van der Waals surface area contributed by atoms with E-state index in [0.717, 1.165) is 40.2 Å². The van der Waals surface area contributed by atoms with Gasteiger partial charge in [0, 0.05) is 10.4 Å². The van der Waals surface area contributed by atoms with Crippen LogP contribution in [0.3, 0.4) is 0 Å². The van der Waals surface area contributed by atoms with Crippen LogP contribution < -0.4 is 10.2 Å². The van der Waals surface area contributed by atoms with Gasteiger partial charge in [-0.2, -0.15) is 5.10 Å². The number of aromatic hydroxyl groups is 1. The summed E-state index contributed by atoms with van der Waals surface area (Å²) in [7, 11) is 1.53. The van der Waals surface area contributed by atoms with Crippen molar-refractivity contribution in [3.05, 3.63) is 40.5 Å². The number of benzene rings is 1. The van der Waals surface area contributed by atoms with Crippen LogP contribution in [-0.2, 0) is 12.8 Å². The third-order valence-electron chi connectivity index (χ3n) is 4.68. The molecule has 0 spiro atoms. The number of fused-ring (bicyclic) bond motifs is 3. The molecule has 1 aliphatic rings. The molecule has 0 fully saturated rings. The number of methoxy groups -OCH3 is 1. The predicted molar refractivity (Wildman–Crippen MR) is 105 cm³/mol. The highest BCUT2D eigenvalue weighted by Crippen LogP contribution is 2.38. The minimum absolute atomic E-state index is 0.111. The van der Waals surface area contributed by atoms with Gasteiger partial charge < -0.3 is 9.84 Å². The predicted octanol–water partition coefficient (Wildman–Crippen LogP) is 4.12. The van der Waals surface area contributed by atoms with E-state index in [4.69, 9.17) is 4.74 Å². The molecule has 2 heterocycles. The molecule has 26 heavy (non-hydrogen) atoms. The zero-order valence-electron chi connectivity index (χ0n) is 14.7. The van der Waals surface area contributed by atoms with Gasteiger partial charge >= 0.3 is 0 Å². The number of phenols is 1. The normalized spacial score (nSPS) is 14.3. The maximum absolute atomic E-state index is 9.74. The molecule has 0 atom stereocenters. The highest BCUT2D eigenvalue weighted by molar-refractivity contribution is 7.19. The second-order valence-corrected chi connectivity index (χ2v) is 7.39. The molecular weight excluding hydrogens is 348 g/mol. The van der Waals surface area contributed by atoms with E-state index >= 15 is 0 Å². The summed E-state index contributed by atoms with van der Waals surface area (Å²) in [6, 6.07) is 5.17. The van der Waals surface area contributed by atoms with E-state index in [9.17, 15) is 5.11 Å². The average molecular weight is 368 g/mol. The fourth-order valence-corrected chi connectivity index (χ4v) is 4.51. The number of anilines is 1. The van der Waals surface area contributed by atoms with Crippen molar-refractivity contribution in [1.82, 2.24) is 9.97 Å². The summed E-state index contributed by atoms with van der Waals surface area (Å²) in [5.41, 5.74) is 6.13. The van der Waals surface area contributed by atoms with E-state index in [-0.39, 0.29) is 5.75 Å². The maximum atomic E-state index is 9.74. The second-order valence-electron chi connectivity index (χ2n) is 6.31. The first kappa shape index (κ1) is 16.8. The van der Waals surface area contributed by atoms with Gasteiger partial charge in [0.15, 0.2) is 17.3 Å². The highest BCUT2D eigenvalue weighted by atomic mass is 32.1. The van der Waals surface area contributed by atoms with Crippen LogP contribution in [0.15, 0.2) is 29.6 Å². The Hall–Kier alpha value is -2.67. The summed E-state index contributed by atoms with van der Waals surface area (Å²) in [4.78, 5) is 11.3. The zero-order valence-corrected chi connectivity index (χ0v) is 15.6. The van der Waals surface area contributed by atoms with Crippen molar-refractivity contribution < 1.29 is 9.84 Å². The van der Waals surface area contributed by atoms with Gasteiger partial charge in [-0.25, -0.2) is 9.97 Å². The number of hydrogen-bond acceptors (Lipinski definition) is 7. The van der Waals surface area contributed by atoms with Crippen LogP contribution in [0.4, 0.5) is 5.82 Å². The van der Waals surface area contributed by atoms with E-state index in [1.807, 2.05) is 6.92 Å². The van der Waals surface area contributed by atoms with Crippen LogP contribution >= 0.6 is 11.3 Å². The van der Waals surface area contributed by atoms with Gasteiger partial charge in [0.25, 0.3) is 0 Å². The largest absolute Gasteiger partial charge is 0.504 e. The first-order valence-electron chi connectivity index (χ1n) is 8.60. The molecule has 0 bridgehead atoms. The number of nitrogens with one attached hydrogen (secondary N) is 1. The van der Waals surface area contributed by atoms with Crippen LogP contribution in [0.25, 0.3) is 10.2 Å². The van der Waals surface area contributed by atoms with Crippen molar-refractivity contribution in [1.29, 1.82) is 0 Å². The lowest BCUT2D eigenvalue weighted by atomic mass is 9.97. The molecule has 0 saturated heterocycles. The minimum Gasteiger partial charge on any atom is -0.504 e. The van der Waals surface area contributed by atoms with Crippen LogP contribution in [-0.4, -0.2) is 27.9 Å². The Labute approximate surface area is 155 Å². The zero-order chi connectivity index (χ0) is 18.1. The molecule has 6 nitrogen and oxygen atoms in total. The molecule has 4 rings (SSSR count). The Morgan fingerprint density at radius 1 is 1.27 bits per heavy atom. The average Bonchev–Trinajstić information content (AvgIpc) is 3.05. The number of aromatic nitrogens is 2. The van der Waals surface area contributed by atoms with Crippen LogP contribution in [0.5, 0.6) is 11.5 Å². The lowest BCUT2D eigenvalue weighted by Gasteiger charge is -2.11. The van der Waals surface area contributed by atoms with Gasteiger partial charge in [-0.1, -0.05) is 0 Å². The third-order valence-corrected chi connectivity index (χ3v) is 5.88. The lowest BCUT2D eigenvalue weighted by Crippen LogP contribution is -2.03. The summed E-state index contributed by atoms with van der Waals surface area (Å²) in [6.45, 7) is 1.90. The molecular formula is C19H20N4O2S. The van der Waals surface area contributed by atoms with Crippen LogP contribution in [0, 0.1) is 0 Å². The highest BCUT2D eigenvalue weighted by Gasteiger charge is 2.19. The standard InChI is InChI=1S/C19H20N4O2S/c1-11(12-7-8-14(24)15(9-12)25-2)22-23-18-17-13-5-3-4-6-16(13)26-19(17)21-10-20-18/h7-10,24H,3-6H2,1-2H3,(H,20,21,23)/b22-11+. The van der Waals surface area contributed by atoms with Crippen molar-refractivity contribution in [2.24, 2.45) is 5.10 Å². The van der Waals surface area contributed by atoms with Crippen molar-refractivity contribution in [3.63, 3.8) is 0 Å². The number of phenolic OH excluding ortho intramolecular Hbond substituents is 1. The van der Waals surface area contributed by atoms with Gasteiger partial charge in [-0.05, 0) is 56.4 Å². The number of hydrazone groups is 1. The molecule has 0 amide bonds. The number of hydrogen-bond donors (Lipinski definition) is 2. The van der Waals surface area contributed by atoms with Gasteiger partial charge in [0.2, 0.25) is 0 Å². The van der Waals surface area contributed by atoms with Crippen molar-refractivity contribution >= 4 is 33.1 Å². The van der Waals surface area contributed by atoms with Gasteiger partial charge in [0.1, 0.15) is 11.2 Å². The SMILES string of the molecule is COc1cc(/C(C)=N/Nc2ncnc3sc4c(c23)CCCC4)ccc1O. The summed E-state index contributed by atoms with van der Waals surface area (Å²) >= 11 is 1.77. The summed E-state index contributed by atoms with van der Waals surface area (Å²) in [5, 5.41) is 15.3. The van der Waals surface area contributed by atoms with Crippen molar-refractivity contribution in [2.45, 2.75) is 32.6 Å². The molecule has 1 aromatic carbocycles. The van der Waals surface area contributed by atoms with Gasteiger partial charge in [-0.3, -0.25) is 5.43 Å². The Balaban J connectivity index is 1.67. The molecule has 0 radical (unpaired) electrons. The first-order valence-corrected chi connectivity index (χ1v) is 9.42. The number of nitrogens with zero attached hydrogens (tertiary/aromatic N) is 3. The molecule has 3 aromatic rings. The molecule has 1 aliphatic carbocycles. The third kappa shape index (κ3) is 2.99. The Morgan fingerprint density at radius 3 is 2.96 bits per heavy atom. The summed E-state index contributed by atoms with van der Waals surface area (Å²) < 4.78 is 5.16. The van der Waals surface area contributed by atoms with E-state index in [0.29, 0.717) is 5.75 Å². The van der Waals surface area contributed by atoms with Crippen LogP contribution in [0.1, 0.15) is 35.8 Å². The molecule has 134 valence electrons. The van der Waals surface area contributed by atoms with E-state index in [2.05, 4.69) is 20.5 Å². The fourth-order valence-electron chi connectivity index (χ4n) is 3.28. The van der Waals surface area contributed by atoms with Crippen molar-refractivity contribution in [2.75, 3.05) is 12.5 Å². The number of thiophene rings is 1. The number of aryl methyl sites for hydroxylation is 2. The fraction of sp³-hybridized carbons (Fsp3) is 0.316. The molecule has 0 unspecified atom stereocenters. The quantitative estimate of drug-likeness (QED) is 0.535. The van der Waals surface area contributed by atoms with Gasteiger partial charge in [-0.15, -0.1) is 11.3 Å². The number of ether oxygens (including phenoxy) is 1. The number of rotatable bonds is 4. The Bertz CT molecular complexity index is 997. The molecule has 2 N–H and O–H groups in total. The Kier molecular flexibility index (Phi) is 4.46. The van der Waals surface area contributed by atoms with Gasteiger partial charge in [0.05, 0.1) is 18.2 Å². The van der Waals surface area contributed by atoms with E-state index in [1.54, 1.807) is 35.9 Å². The lowest BCUT2D eigenvalue weighted by molar-refractivity contribution is 0.373. The first-order chi connectivity index (χ1) is 12.7. The monoisotopic (exact) mass is 368 g/mol. The maximum Gasteiger partial charge on any atom is 0.161 e. The van der Waals surface area contributed by atoms with Crippen LogP contribution in [0.2, 0.25) is 0 Å². The van der Waals surface area contributed by atoms with E-state index < -0.39 is 0 Å². The summed E-state index contributed by atoms with van der Waals surface area (Å²) in [6.07, 6.45) is 6.25. The molecule has 2 aromatic heterocycles. The summed E-state index contributed by atoms with van der Waals surface area (Å²) in [5.74, 6) is 1.28. The second kappa shape index (κ2) is 6.92. The molecule has 7 heteroatoms. The smallest absolute Gasteiger partial charge is 0.161 e. The van der Waals surface area contributed by atoms with Crippen molar-refractivity contribution in [3.8, 4) is 11.5 Å².